The number of rotatable bonds is 8. The number of fused-ring (bicyclic) bond motifs is 1. The van der Waals surface area contributed by atoms with Crippen LogP contribution in [0.5, 0.6) is 0 Å². The van der Waals surface area contributed by atoms with Crippen molar-refractivity contribution in [1.82, 2.24) is 20.9 Å². The van der Waals surface area contributed by atoms with Gasteiger partial charge in [0.25, 0.3) is 5.91 Å². The number of amides is 1. The number of furan rings is 1. The molecule has 1 amide bonds. The Bertz CT molecular complexity index is 933. The molecular formula is C20H24FN5O2. The summed E-state index contributed by atoms with van der Waals surface area (Å²) < 4.78 is 18.5. The molecule has 3 rings (SSSR count). The number of hydrogen-bond donors (Lipinski definition) is 4. The summed E-state index contributed by atoms with van der Waals surface area (Å²) in [7, 11) is 0. The van der Waals surface area contributed by atoms with Gasteiger partial charge in [-0.1, -0.05) is 0 Å². The molecule has 0 saturated heterocycles. The van der Waals surface area contributed by atoms with Crippen LogP contribution in [0.2, 0.25) is 0 Å². The molecule has 8 heteroatoms. The highest BCUT2D eigenvalue weighted by atomic mass is 19.1. The minimum absolute atomic E-state index is 0.247. The number of guanidine groups is 1. The highest BCUT2D eigenvalue weighted by molar-refractivity contribution is 5.91. The molecule has 0 unspecified atom stereocenters. The van der Waals surface area contributed by atoms with Crippen molar-refractivity contribution in [3.63, 3.8) is 0 Å². The van der Waals surface area contributed by atoms with Crippen molar-refractivity contribution in [2.24, 2.45) is 4.99 Å². The molecule has 28 heavy (non-hydrogen) atoms. The Kier molecular flexibility index (Phi) is 6.67. The molecular weight excluding hydrogens is 361 g/mol. The highest BCUT2D eigenvalue weighted by Crippen LogP contribution is 2.19. The molecule has 0 aliphatic carbocycles. The van der Waals surface area contributed by atoms with E-state index >= 15 is 0 Å². The summed E-state index contributed by atoms with van der Waals surface area (Å²) >= 11 is 0. The predicted molar refractivity (Wildman–Crippen MR) is 107 cm³/mol. The number of benzene rings is 1. The number of hydrogen-bond acceptors (Lipinski definition) is 3. The van der Waals surface area contributed by atoms with E-state index in [-0.39, 0.29) is 17.5 Å². The molecule has 0 radical (unpaired) electrons. The molecule has 148 valence electrons. The number of carbonyl (C=O) groups excluding carboxylic acids is 1. The third-order valence-electron chi connectivity index (χ3n) is 4.17. The summed E-state index contributed by atoms with van der Waals surface area (Å²) in [5.74, 6) is 0.459. The number of aromatic nitrogens is 1. The summed E-state index contributed by atoms with van der Waals surface area (Å²) in [4.78, 5) is 19.5. The zero-order valence-electron chi connectivity index (χ0n) is 15.7. The molecule has 2 heterocycles. The molecule has 0 atom stereocenters. The Morgan fingerprint density at radius 3 is 2.86 bits per heavy atom. The minimum atomic E-state index is -0.250. The molecule has 7 nitrogen and oxygen atoms in total. The fourth-order valence-corrected chi connectivity index (χ4v) is 2.84. The van der Waals surface area contributed by atoms with Gasteiger partial charge in [0.15, 0.2) is 11.7 Å². The van der Waals surface area contributed by atoms with Crippen LogP contribution in [0.25, 0.3) is 10.9 Å². The van der Waals surface area contributed by atoms with E-state index in [1.54, 1.807) is 18.2 Å². The molecule has 3 aromatic rings. The van der Waals surface area contributed by atoms with Gasteiger partial charge in [-0.15, -0.1) is 0 Å². The Morgan fingerprint density at radius 2 is 2.07 bits per heavy atom. The van der Waals surface area contributed by atoms with Gasteiger partial charge in [0.2, 0.25) is 0 Å². The second kappa shape index (κ2) is 9.59. The van der Waals surface area contributed by atoms with Gasteiger partial charge >= 0.3 is 0 Å². The highest BCUT2D eigenvalue weighted by Gasteiger charge is 2.07. The molecule has 0 spiro atoms. The lowest BCUT2D eigenvalue weighted by atomic mass is 10.1. The van der Waals surface area contributed by atoms with Crippen molar-refractivity contribution < 1.29 is 13.6 Å². The van der Waals surface area contributed by atoms with Crippen LogP contribution in [0, 0.1) is 5.82 Å². The summed E-state index contributed by atoms with van der Waals surface area (Å²) in [6.45, 7) is 4.22. The zero-order valence-corrected chi connectivity index (χ0v) is 15.7. The van der Waals surface area contributed by atoms with Crippen LogP contribution < -0.4 is 16.0 Å². The van der Waals surface area contributed by atoms with Crippen LogP contribution in [-0.4, -0.2) is 43.0 Å². The Labute approximate surface area is 162 Å². The molecule has 4 N–H and O–H groups in total. The second-order valence-corrected chi connectivity index (χ2v) is 6.17. The quantitative estimate of drug-likeness (QED) is 0.272. The van der Waals surface area contributed by atoms with Gasteiger partial charge in [-0.05, 0) is 49.2 Å². The minimum Gasteiger partial charge on any atom is -0.459 e. The Balaban J connectivity index is 1.48. The van der Waals surface area contributed by atoms with E-state index in [0.29, 0.717) is 32.0 Å². The van der Waals surface area contributed by atoms with Gasteiger partial charge in [0, 0.05) is 43.3 Å². The Hall–Kier alpha value is -3.29. The van der Waals surface area contributed by atoms with Crippen LogP contribution in [0.15, 0.2) is 52.2 Å². The predicted octanol–water partition coefficient (Wildman–Crippen LogP) is 2.43. The maximum Gasteiger partial charge on any atom is 0.287 e. The van der Waals surface area contributed by atoms with E-state index in [0.717, 1.165) is 23.0 Å². The van der Waals surface area contributed by atoms with E-state index in [2.05, 4.69) is 25.9 Å². The van der Waals surface area contributed by atoms with E-state index in [4.69, 9.17) is 4.42 Å². The number of aliphatic imine (C=N–C) groups is 1. The van der Waals surface area contributed by atoms with E-state index < -0.39 is 0 Å². The van der Waals surface area contributed by atoms with Crippen molar-refractivity contribution in [3.8, 4) is 0 Å². The summed E-state index contributed by atoms with van der Waals surface area (Å²) in [6, 6.07) is 8.00. The molecule has 0 aliphatic rings. The first-order valence-electron chi connectivity index (χ1n) is 9.26. The van der Waals surface area contributed by atoms with E-state index in [1.165, 1.54) is 18.4 Å². The van der Waals surface area contributed by atoms with Crippen molar-refractivity contribution in [2.45, 2.75) is 13.3 Å². The summed E-state index contributed by atoms with van der Waals surface area (Å²) in [6.07, 6.45) is 4.05. The number of aromatic amines is 1. The fourth-order valence-electron chi connectivity index (χ4n) is 2.84. The van der Waals surface area contributed by atoms with Crippen LogP contribution in [-0.2, 0) is 6.42 Å². The van der Waals surface area contributed by atoms with E-state index in [1.807, 2.05) is 13.1 Å². The SMILES string of the molecule is CCNC(=NCCc1c[nH]c2ccc(F)cc12)NCCNC(=O)c1ccco1. The molecule has 0 saturated carbocycles. The van der Waals surface area contributed by atoms with Gasteiger partial charge in [0.1, 0.15) is 5.82 Å². The zero-order chi connectivity index (χ0) is 19.8. The fraction of sp³-hybridized carbons (Fsp3) is 0.300. The Morgan fingerprint density at radius 1 is 1.21 bits per heavy atom. The molecule has 0 bridgehead atoms. The normalized spacial score (nSPS) is 11.6. The van der Waals surface area contributed by atoms with Gasteiger partial charge in [-0.3, -0.25) is 9.79 Å². The van der Waals surface area contributed by atoms with Crippen LogP contribution in [0.3, 0.4) is 0 Å². The number of nitrogens with one attached hydrogen (secondary N) is 4. The molecule has 0 aliphatic heterocycles. The smallest absolute Gasteiger partial charge is 0.287 e. The summed E-state index contributed by atoms with van der Waals surface area (Å²) in [5.41, 5.74) is 1.94. The molecule has 0 fully saturated rings. The van der Waals surface area contributed by atoms with Gasteiger partial charge < -0.3 is 25.4 Å². The number of H-pyrrole nitrogens is 1. The van der Waals surface area contributed by atoms with Crippen LogP contribution in [0.4, 0.5) is 4.39 Å². The first-order chi connectivity index (χ1) is 13.7. The van der Waals surface area contributed by atoms with Gasteiger partial charge in [-0.2, -0.15) is 0 Å². The monoisotopic (exact) mass is 385 g/mol. The largest absolute Gasteiger partial charge is 0.459 e. The summed E-state index contributed by atoms with van der Waals surface area (Å²) in [5, 5.41) is 9.99. The van der Waals surface area contributed by atoms with Crippen molar-refractivity contribution >= 4 is 22.8 Å². The average Bonchev–Trinajstić information content (AvgIpc) is 3.35. The standard InChI is InChI=1S/C20H24FN5O2/c1-2-22-20(25-10-9-23-19(27)18-4-3-11-28-18)24-8-7-14-13-26-17-6-5-15(21)12-16(14)17/h3-6,11-13,26H,2,7-10H2,1H3,(H,23,27)(H2,22,24,25). The maximum absolute atomic E-state index is 13.5. The average molecular weight is 385 g/mol. The van der Waals surface area contributed by atoms with Crippen molar-refractivity contribution in [3.05, 3.63) is 59.9 Å². The van der Waals surface area contributed by atoms with Crippen LogP contribution >= 0.6 is 0 Å². The number of halogens is 1. The lowest BCUT2D eigenvalue weighted by Crippen LogP contribution is -2.41. The third-order valence-corrected chi connectivity index (χ3v) is 4.17. The van der Waals surface area contributed by atoms with Crippen molar-refractivity contribution in [2.75, 3.05) is 26.2 Å². The van der Waals surface area contributed by atoms with Crippen molar-refractivity contribution in [1.29, 1.82) is 0 Å². The van der Waals surface area contributed by atoms with Gasteiger partial charge in [-0.25, -0.2) is 4.39 Å². The first kappa shape index (κ1) is 19.5. The van der Waals surface area contributed by atoms with E-state index in [9.17, 15) is 9.18 Å². The van der Waals surface area contributed by atoms with Crippen LogP contribution in [0.1, 0.15) is 23.0 Å². The second-order valence-electron chi connectivity index (χ2n) is 6.17. The third kappa shape index (κ3) is 5.12. The topological polar surface area (TPSA) is 94.5 Å². The first-order valence-corrected chi connectivity index (χ1v) is 9.26. The lowest BCUT2D eigenvalue weighted by molar-refractivity contribution is 0.0926. The molecule has 1 aromatic carbocycles. The maximum atomic E-state index is 13.5. The van der Waals surface area contributed by atoms with Gasteiger partial charge in [0.05, 0.1) is 6.26 Å². The number of nitrogens with zero attached hydrogens (tertiary/aromatic N) is 1. The number of carbonyl (C=O) groups is 1. The lowest BCUT2D eigenvalue weighted by Gasteiger charge is -2.11. The molecule has 2 aromatic heterocycles.